The van der Waals surface area contributed by atoms with Gasteiger partial charge in [0.05, 0.1) is 19.3 Å². The van der Waals surface area contributed by atoms with Gasteiger partial charge < -0.3 is 10.6 Å². The van der Waals surface area contributed by atoms with Crippen LogP contribution in [-0.2, 0) is 0 Å². The normalized spacial score (nSPS) is 28.8. The van der Waals surface area contributed by atoms with Crippen LogP contribution in [0.15, 0.2) is 36.7 Å². The van der Waals surface area contributed by atoms with E-state index in [1.165, 1.54) is 23.0 Å². The van der Waals surface area contributed by atoms with Gasteiger partial charge in [-0.2, -0.15) is 5.10 Å². The zero-order chi connectivity index (χ0) is 20.5. The molecule has 1 saturated heterocycles. The number of halogens is 2. The average Bonchev–Trinajstić information content (AvgIpc) is 3.02. The summed E-state index contributed by atoms with van der Waals surface area (Å²) in [6, 6.07) is 1.04. The molecule has 3 heterocycles. The fraction of sp³-hybridized carbons (Fsp3) is 0.250. The van der Waals surface area contributed by atoms with Crippen molar-refractivity contribution in [1.29, 1.82) is 0 Å². The van der Waals surface area contributed by atoms with E-state index in [1.807, 2.05) is 0 Å². The molecule has 0 saturated carbocycles. The number of benzene rings is 1. The number of aromatic nitrogens is 3. The quantitative estimate of drug-likeness (QED) is 0.789. The Morgan fingerprint density at radius 3 is 3.09 bits per heavy atom. The van der Waals surface area contributed by atoms with Crippen molar-refractivity contribution in [3.8, 4) is 0 Å². The van der Waals surface area contributed by atoms with Crippen LogP contribution in [0.4, 0.5) is 20.3 Å². The molecule has 4 rings (SSSR count). The van der Waals surface area contributed by atoms with Crippen LogP contribution in [0.1, 0.15) is 31.2 Å². The van der Waals surface area contributed by atoms with Gasteiger partial charge >= 0.3 is 0 Å². The molecule has 0 radical (unpaired) electrons. The minimum absolute atomic E-state index is 0.148. The number of nitrogens with two attached hydrogens (primary N) is 1. The predicted molar refractivity (Wildman–Crippen MR) is 83.1 cm³/mol. The first-order chi connectivity index (χ1) is 13.0. The second kappa shape index (κ2) is 5.19. The molecular weight excluding hydrogens is 300 g/mol. The van der Waals surface area contributed by atoms with Gasteiger partial charge in [-0.05, 0) is 37.1 Å². The zero-order valence-corrected chi connectivity index (χ0v) is 11.8. The van der Waals surface area contributed by atoms with E-state index in [4.69, 9.17) is 12.6 Å². The van der Waals surface area contributed by atoms with Crippen molar-refractivity contribution in [3.63, 3.8) is 0 Å². The largest absolute Gasteiger partial charge is 0.394 e. The lowest BCUT2D eigenvalue weighted by Gasteiger charge is -2.26. The number of hydrogen-bond acceptors (Lipinski definition) is 4. The van der Waals surface area contributed by atoms with E-state index in [-0.39, 0.29) is 17.2 Å². The average molecular weight is 320 g/mol. The van der Waals surface area contributed by atoms with E-state index in [0.29, 0.717) is 6.07 Å². The number of nitrogens with zero attached hydrogens (tertiary/aromatic N) is 4. The highest BCUT2D eigenvalue weighted by molar-refractivity contribution is 5.65. The monoisotopic (exact) mass is 320 g/mol. The molecule has 1 aromatic carbocycles. The minimum atomic E-state index is -2.62. The summed E-state index contributed by atoms with van der Waals surface area (Å²) in [6.07, 6.45) is -0.559. The van der Waals surface area contributed by atoms with Crippen LogP contribution in [0.3, 0.4) is 0 Å². The SMILES string of the molecule is [2H]C1([2H])CC([2H])([2H])C([2H])(c2cc(F)ccc2F)N1c1ccn2ncc(N)c2n1. The van der Waals surface area contributed by atoms with Crippen molar-refractivity contribution in [3.05, 3.63) is 53.9 Å². The van der Waals surface area contributed by atoms with E-state index >= 15 is 0 Å². The Morgan fingerprint density at radius 1 is 1.35 bits per heavy atom. The van der Waals surface area contributed by atoms with Crippen molar-refractivity contribution in [2.75, 3.05) is 17.1 Å². The van der Waals surface area contributed by atoms with E-state index in [9.17, 15) is 8.78 Å². The molecular formula is C16H15F2N5. The van der Waals surface area contributed by atoms with Gasteiger partial charge in [-0.1, -0.05) is 0 Å². The molecule has 3 aromatic rings. The molecule has 1 aliphatic heterocycles. The second-order valence-electron chi connectivity index (χ2n) is 4.97. The van der Waals surface area contributed by atoms with Crippen LogP contribution in [-0.4, -0.2) is 21.1 Å². The van der Waals surface area contributed by atoms with Crippen LogP contribution in [0, 0.1) is 11.6 Å². The molecule has 118 valence electrons. The first-order valence-corrected chi connectivity index (χ1v) is 6.83. The van der Waals surface area contributed by atoms with Gasteiger partial charge in [0, 0.05) is 23.7 Å². The molecule has 1 aliphatic rings. The Morgan fingerprint density at radius 2 is 2.22 bits per heavy atom. The first kappa shape index (κ1) is 9.44. The van der Waals surface area contributed by atoms with Crippen LogP contribution >= 0.6 is 0 Å². The summed E-state index contributed by atoms with van der Waals surface area (Å²) >= 11 is 0. The molecule has 0 aliphatic carbocycles. The molecule has 1 unspecified atom stereocenters. The maximum atomic E-state index is 14.6. The molecule has 1 atom stereocenters. The summed E-state index contributed by atoms with van der Waals surface area (Å²) in [4.78, 5) is 4.94. The third-order valence-electron chi connectivity index (χ3n) is 3.51. The third kappa shape index (κ3) is 2.28. The van der Waals surface area contributed by atoms with Crippen LogP contribution in [0.5, 0.6) is 0 Å². The first-order valence-electron chi connectivity index (χ1n) is 9.33. The predicted octanol–water partition coefficient (Wildman–Crippen LogP) is 2.93. The fourth-order valence-corrected chi connectivity index (χ4v) is 2.45. The molecule has 2 N–H and O–H groups in total. The Balaban J connectivity index is 2.00. The highest BCUT2D eigenvalue weighted by Crippen LogP contribution is 2.36. The Labute approximate surface area is 138 Å². The van der Waals surface area contributed by atoms with Crippen molar-refractivity contribution in [2.45, 2.75) is 18.8 Å². The van der Waals surface area contributed by atoms with Crippen LogP contribution < -0.4 is 10.6 Å². The van der Waals surface area contributed by atoms with Crippen LogP contribution in [0.25, 0.3) is 5.65 Å². The molecule has 1 fully saturated rings. The molecule has 5 nitrogen and oxygen atoms in total. The maximum Gasteiger partial charge on any atom is 0.180 e. The van der Waals surface area contributed by atoms with Crippen LogP contribution in [0.2, 0.25) is 0 Å². The topological polar surface area (TPSA) is 59.5 Å². The van der Waals surface area contributed by atoms with Gasteiger partial charge in [0.2, 0.25) is 0 Å². The molecule has 23 heavy (non-hydrogen) atoms. The lowest BCUT2D eigenvalue weighted by atomic mass is 10.0. The summed E-state index contributed by atoms with van der Waals surface area (Å²) in [5.74, 6) is -2.03. The smallest absolute Gasteiger partial charge is 0.180 e. The lowest BCUT2D eigenvalue weighted by Crippen LogP contribution is -2.24. The zero-order valence-electron chi connectivity index (χ0n) is 16.8. The number of anilines is 2. The highest BCUT2D eigenvalue weighted by Gasteiger charge is 2.29. The van der Waals surface area contributed by atoms with E-state index < -0.39 is 42.5 Å². The van der Waals surface area contributed by atoms with Gasteiger partial charge in [-0.3, -0.25) is 0 Å². The number of fused-ring (bicyclic) bond motifs is 1. The summed E-state index contributed by atoms with van der Waals surface area (Å²) in [6.45, 7) is -2.41. The fourth-order valence-electron chi connectivity index (χ4n) is 2.45. The molecule has 0 amide bonds. The molecule has 0 bridgehead atoms. The Kier molecular flexibility index (Phi) is 2.13. The summed E-state index contributed by atoms with van der Waals surface area (Å²) in [7, 11) is 0. The maximum absolute atomic E-state index is 14.6. The Bertz CT molecular complexity index is 1090. The second-order valence-corrected chi connectivity index (χ2v) is 4.97. The summed E-state index contributed by atoms with van der Waals surface area (Å²) in [5.41, 5.74) is 5.54. The van der Waals surface area contributed by atoms with Crippen molar-refractivity contribution >= 4 is 17.2 Å². The number of nitrogen functional groups attached to an aromatic ring is 1. The molecule has 7 heteroatoms. The van der Waals surface area contributed by atoms with Crippen molar-refractivity contribution in [2.24, 2.45) is 0 Å². The van der Waals surface area contributed by atoms with Gasteiger partial charge in [0.25, 0.3) is 0 Å². The van der Waals surface area contributed by atoms with E-state index in [0.717, 1.165) is 17.0 Å². The van der Waals surface area contributed by atoms with Gasteiger partial charge in [0.1, 0.15) is 17.5 Å². The van der Waals surface area contributed by atoms with Gasteiger partial charge in [-0.25, -0.2) is 18.3 Å². The standard InChI is InChI=1S/C16H15F2N5/c17-10-3-4-12(18)11(8-10)14-2-1-6-22(14)15-5-7-23-16(21-15)13(19)9-20-23/h3-5,7-9,14H,1-2,6,19H2/i2D2,6D2,14D. The number of hydrogen-bond donors (Lipinski definition) is 1. The third-order valence-corrected chi connectivity index (χ3v) is 3.51. The lowest BCUT2D eigenvalue weighted by molar-refractivity contribution is 0.560. The summed E-state index contributed by atoms with van der Waals surface area (Å²) < 4.78 is 71.8. The minimum Gasteiger partial charge on any atom is -0.394 e. The van der Waals surface area contributed by atoms with Crippen molar-refractivity contribution < 1.29 is 15.6 Å². The highest BCUT2D eigenvalue weighted by atomic mass is 19.1. The van der Waals surface area contributed by atoms with E-state index in [2.05, 4.69) is 10.1 Å². The molecule has 0 spiro atoms. The van der Waals surface area contributed by atoms with Crippen molar-refractivity contribution in [1.82, 2.24) is 14.6 Å². The summed E-state index contributed by atoms with van der Waals surface area (Å²) in [5, 5.41) is 3.96. The molecule has 2 aromatic heterocycles. The van der Waals surface area contributed by atoms with E-state index in [1.54, 1.807) is 0 Å². The Hall–Kier alpha value is -2.70. The number of rotatable bonds is 2. The van der Waals surface area contributed by atoms with Gasteiger partial charge in [-0.15, -0.1) is 0 Å². The van der Waals surface area contributed by atoms with Gasteiger partial charge in [0.15, 0.2) is 5.65 Å².